The fourth-order valence-electron chi connectivity index (χ4n) is 1.42. The highest BCUT2D eigenvalue weighted by Crippen LogP contribution is 2.34. The molecule has 5 heteroatoms. The van der Waals surface area contributed by atoms with E-state index in [1.165, 1.54) is 27.4 Å². The van der Waals surface area contributed by atoms with Crippen molar-refractivity contribution in [3.05, 3.63) is 23.8 Å². The van der Waals surface area contributed by atoms with E-state index in [4.69, 9.17) is 14.2 Å². The van der Waals surface area contributed by atoms with Crippen LogP contribution in [0.4, 0.5) is 0 Å². The van der Waals surface area contributed by atoms with Gasteiger partial charge < -0.3 is 18.9 Å². The van der Waals surface area contributed by atoms with Gasteiger partial charge in [-0.2, -0.15) is 0 Å². The molecule has 0 spiro atoms. The maximum atomic E-state index is 11.1. The molecular weight excluding hydrogens is 236 g/mol. The molecule has 0 aliphatic heterocycles. The van der Waals surface area contributed by atoms with Crippen LogP contribution in [0, 0.1) is 0 Å². The molecule has 0 radical (unpaired) electrons. The van der Waals surface area contributed by atoms with Crippen molar-refractivity contribution in [2.45, 2.75) is 0 Å². The molecule has 1 aromatic carbocycles. The minimum atomic E-state index is -0.449. The summed E-state index contributed by atoms with van der Waals surface area (Å²) in [5.41, 5.74) is 0.645. The Balaban J connectivity index is 3.22. The van der Waals surface area contributed by atoms with Crippen molar-refractivity contribution in [2.24, 2.45) is 0 Å². The van der Waals surface area contributed by atoms with Crippen LogP contribution >= 0.6 is 0 Å². The average molecular weight is 252 g/mol. The number of carbonyl (C=O) groups is 1. The van der Waals surface area contributed by atoms with Crippen molar-refractivity contribution in [3.63, 3.8) is 0 Å². The van der Waals surface area contributed by atoms with Gasteiger partial charge in [0.2, 0.25) is 0 Å². The first kappa shape index (κ1) is 13.9. The first-order valence-corrected chi connectivity index (χ1v) is 5.22. The molecule has 0 aliphatic rings. The number of hydrogen-bond acceptors (Lipinski definition) is 5. The molecule has 0 saturated heterocycles. The van der Waals surface area contributed by atoms with Gasteiger partial charge in [0.15, 0.2) is 0 Å². The Morgan fingerprint density at radius 1 is 1.00 bits per heavy atom. The van der Waals surface area contributed by atoms with E-state index in [0.29, 0.717) is 22.8 Å². The molecule has 1 aromatic rings. The summed E-state index contributed by atoms with van der Waals surface area (Å²) in [7, 11) is 5.93. The Morgan fingerprint density at radius 2 is 1.56 bits per heavy atom. The van der Waals surface area contributed by atoms with Crippen LogP contribution < -0.4 is 14.2 Å². The van der Waals surface area contributed by atoms with Gasteiger partial charge in [-0.05, 0) is 6.08 Å². The maximum absolute atomic E-state index is 11.1. The molecule has 0 amide bonds. The first-order valence-electron chi connectivity index (χ1n) is 5.22. The Morgan fingerprint density at radius 3 is 1.94 bits per heavy atom. The zero-order valence-electron chi connectivity index (χ0n) is 10.9. The van der Waals surface area contributed by atoms with Crippen molar-refractivity contribution < 1.29 is 23.7 Å². The second-order valence-corrected chi connectivity index (χ2v) is 3.30. The smallest absolute Gasteiger partial charge is 0.330 e. The van der Waals surface area contributed by atoms with Crippen LogP contribution in [0.25, 0.3) is 6.08 Å². The van der Waals surface area contributed by atoms with Gasteiger partial charge >= 0.3 is 5.97 Å². The van der Waals surface area contributed by atoms with Crippen molar-refractivity contribution in [3.8, 4) is 17.2 Å². The SMILES string of the molecule is COC(=O)/C=C/c1c(OC)cc(OC)cc1OC. The fraction of sp³-hybridized carbons (Fsp3) is 0.308. The lowest BCUT2D eigenvalue weighted by atomic mass is 10.1. The molecule has 0 fully saturated rings. The van der Waals surface area contributed by atoms with E-state index in [2.05, 4.69) is 4.74 Å². The highest BCUT2D eigenvalue weighted by atomic mass is 16.5. The van der Waals surface area contributed by atoms with Crippen LogP contribution in [0.15, 0.2) is 18.2 Å². The third-order valence-corrected chi connectivity index (χ3v) is 2.34. The van der Waals surface area contributed by atoms with E-state index in [1.807, 2.05) is 0 Å². The molecule has 0 saturated carbocycles. The van der Waals surface area contributed by atoms with Gasteiger partial charge in [0.25, 0.3) is 0 Å². The van der Waals surface area contributed by atoms with Crippen LogP contribution in [0.3, 0.4) is 0 Å². The summed E-state index contributed by atoms with van der Waals surface area (Å²) in [6, 6.07) is 3.42. The molecule has 0 aliphatic carbocycles. The van der Waals surface area contributed by atoms with Crippen molar-refractivity contribution in [1.82, 2.24) is 0 Å². The topological polar surface area (TPSA) is 54.0 Å². The van der Waals surface area contributed by atoms with Crippen molar-refractivity contribution in [2.75, 3.05) is 28.4 Å². The Bertz CT molecular complexity index is 426. The fourth-order valence-corrected chi connectivity index (χ4v) is 1.42. The number of ether oxygens (including phenoxy) is 4. The van der Waals surface area contributed by atoms with Gasteiger partial charge in [-0.25, -0.2) is 4.79 Å². The third kappa shape index (κ3) is 3.16. The summed E-state index contributed by atoms with van der Waals surface area (Å²) < 4.78 is 20.1. The second kappa shape index (κ2) is 6.54. The van der Waals surface area contributed by atoms with E-state index in [9.17, 15) is 4.79 Å². The predicted octanol–water partition coefficient (Wildman–Crippen LogP) is 1.90. The maximum Gasteiger partial charge on any atom is 0.330 e. The lowest BCUT2D eigenvalue weighted by Gasteiger charge is -2.12. The number of benzene rings is 1. The Labute approximate surface area is 106 Å². The van der Waals surface area contributed by atoms with E-state index < -0.39 is 5.97 Å². The summed E-state index contributed by atoms with van der Waals surface area (Å²) >= 11 is 0. The van der Waals surface area contributed by atoms with Crippen LogP contribution in [0.2, 0.25) is 0 Å². The minimum Gasteiger partial charge on any atom is -0.496 e. The molecule has 1 rings (SSSR count). The number of methoxy groups -OCH3 is 4. The first-order chi connectivity index (χ1) is 8.65. The number of hydrogen-bond donors (Lipinski definition) is 0. The lowest BCUT2D eigenvalue weighted by Crippen LogP contribution is -1.97. The molecule has 0 N–H and O–H groups in total. The molecule has 0 unspecified atom stereocenters. The Hall–Kier alpha value is -2.17. The van der Waals surface area contributed by atoms with Gasteiger partial charge in [0.05, 0.1) is 34.0 Å². The Kier molecular flexibility index (Phi) is 5.05. The molecule has 0 aromatic heterocycles. The number of esters is 1. The standard InChI is InChI=1S/C13H16O5/c1-15-9-7-11(16-2)10(12(8-9)17-3)5-6-13(14)18-4/h5-8H,1-4H3/b6-5+. The van der Waals surface area contributed by atoms with Crippen molar-refractivity contribution in [1.29, 1.82) is 0 Å². The zero-order chi connectivity index (χ0) is 13.5. The van der Waals surface area contributed by atoms with E-state index in [0.717, 1.165) is 0 Å². The second-order valence-electron chi connectivity index (χ2n) is 3.30. The minimum absolute atomic E-state index is 0.449. The molecule has 98 valence electrons. The molecular formula is C13H16O5. The lowest BCUT2D eigenvalue weighted by molar-refractivity contribution is -0.134. The summed E-state index contributed by atoms with van der Waals surface area (Å²) in [5.74, 6) is 1.26. The third-order valence-electron chi connectivity index (χ3n) is 2.34. The molecule has 0 bridgehead atoms. The molecule has 0 heterocycles. The predicted molar refractivity (Wildman–Crippen MR) is 67.1 cm³/mol. The van der Waals surface area contributed by atoms with Gasteiger partial charge in [0.1, 0.15) is 17.2 Å². The largest absolute Gasteiger partial charge is 0.496 e. The number of rotatable bonds is 5. The highest BCUT2D eigenvalue weighted by molar-refractivity contribution is 5.88. The number of carbonyl (C=O) groups excluding carboxylic acids is 1. The van der Waals surface area contributed by atoms with Gasteiger partial charge in [-0.15, -0.1) is 0 Å². The molecule has 5 nitrogen and oxygen atoms in total. The zero-order valence-corrected chi connectivity index (χ0v) is 10.9. The van der Waals surface area contributed by atoms with Gasteiger partial charge in [-0.3, -0.25) is 0 Å². The average Bonchev–Trinajstić information content (AvgIpc) is 2.43. The van der Waals surface area contributed by atoms with Gasteiger partial charge in [-0.1, -0.05) is 0 Å². The quantitative estimate of drug-likeness (QED) is 0.591. The van der Waals surface area contributed by atoms with Crippen LogP contribution in [0.1, 0.15) is 5.56 Å². The highest BCUT2D eigenvalue weighted by Gasteiger charge is 2.11. The van der Waals surface area contributed by atoms with Crippen LogP contribution in [-0.4, -0.2) is 34.4 Å². The van der Waals surface area contributed by atoms with Crippen molar-refractivity contribution >= 4 is 12.0 Å². The summed E-state index contributed by atoms with van der Waals surface area (Å²) in [4.78, 5) is 11.1. The van der Waals surface area contributed by atoms with Gasteiger partial charge in [0, 0.05) is 18.2 Å². The van der Waals surface area contributed by atoms with E-state index in [1.54, 1.807) is 25.3 Å². The van der Waals surface area contributed by atoms with E-state index in [-0.39, 0.29) is 0 Å². The summed E-state index contributed by atoms with van der Waals surface area (Å²) in [6.45, 7) is 0. The van der Waals surface area contributed by atoms with Crippen LogP contribution in [-0.2, 0) is 9.53 Å². The summed E-state index contributed by atoms with van der Waals surface area (Å²) in [5, 5.41) is 0. The van der Waals surface area contributed by atoms with E-state index >= 15 is 0 Å². The normalized spacial score (nSPS) is 10.2. The monoisotopic (exact) mass is 252 g/mol. The molecule has 0 atom stereocenters. The van der Waals surface area contributed by atoms with Crippen LogP contribution in [0.5, 0.6) is 17.2 Å². The molecule has 18 heavy (non-hydrogen) atoms. The summed E-state index contributed by atoms with van der Waals surface area (Å²) in [6.07, 6.45) is 2.87.